The van der Waals surface area contributed by atoms with Crippen molar-refractivity contribution < 1.29 is 14.3 Å². The van der Waals surface area contributed by atoms with Gasteiger partial charge < -0.3 is 10.1 Å². The molecular formula is C27H23N3O3S. The van der Waals surface area contributed by atoms with Gasteiger partial charge in [0, 0.05) is 24.1 Å². The number of hydrogen-bond acceptors (Lipinski definition) is 5. The number of thiazole rings is 1. The Labute approximate surface area is 202 Å². The van der Waals surface area contributed by atoms with E-state index in [2.05, 4.69) is 10.3 Å². The minimum absolute atomic E-state index is 0.136. The minimum Gasteiger partial charge on any atom is -0.457 e. The third-order valence-electron chi connectivity index (χ3n) is 4.78. The standard InChI is InChI=1S/C27H23N3O3S/c1-19-7-6-10-25(17-19)33-24-14-11-21(12-15-24)28-26(32)16-13-22-18-34-27(29-22)30(20(2)31)23-8-4-3-5-9-23/h3-18H,1-2H3,(H,28,32). The van der Waals surface area contributed by atoms with E-state index in [9.17, 15) is 9.59 Å². The van der Waals surface area contributed by atoms with Crippen molar-refractivity contribution in [2.45, 2.75) is 13.8 Å². The molecule has 0 atom stereocenters. The summed E-state index contributed by atoms with van der Waals surface area (Å²) in [6.07, 6.45) is 3.03. The molecule has 0 saturated heterocycles. The number of para-hydroxylation sites is 1. The van der Waals surface area contributed by atoms with E-state index < -0.39 is 0 Å². The fraction of sp³-hybridized carbons (Fsp3) is 0.0741. The molecule has 0 aliphatic rings. The molecule has 34 heavy (non-hydrogen) atoms. The van der Waals surface area contributed by atoms with Crippen molar-refractivity contribution in [1.82, 2.24) is 4.98 Å². The number of benzene rings is 3. The first-order valence-electron chi connectivity index (χ1n) is 10.6. The Balaban J connectivity index is 1.37. The molecule has 3 aromatic carbocycles. The number of ether oxygens (including phenoxy) is 1. The second-order valence-corrected chi connectivity index (χ2v) is 8.35. The summed E-state index contributed by atoms with van der Waals surface area (Å²) >= 11 is 1.34. The van der Waals surface area contributed by atoms with Gasteiger partial charge in [-0.25, -0.2) is 4.98 Å². The Morgan fingerprint density at radius 3 is 2.44 bits per heavy atom. The van der Waals surface area contributed by atoms with Crippen molar-refractivity contribution in [2.75, 3.05) is 10.2 Å². The van der Waals surface area contributed by atoms with E-state index in [1.165, 1.54) is 24.3 Å². The van der Waals surface area contributed by atoms with Crippen LogP contribution >= 0.6 is 11.3 Å². The highest BCUT2D eigenvalue weighted by atomic mass is 32.1. The van der Waals surface area contributed by atoms with Gasteiger partial charge in [-0.1, -0.05) is 30.3 Å². The van der Waals surface area contributed by atoms with Gasteiger partial charge in [0.25, 0.3) is 0 Å². The minimum atomic E-state index is -0.284. The zero-order valence-corrected chi connectivity index (χ0v) is 19.6. The molecular weight excluding hydrogens is 446 g/mol. The maximum atomic E-state index is 12.4. The summed E-state index contributed by atoms with van der Waals surface area (Å²) < 4.78 is 5.83. The first-order chi connectivity index (χ1) is 16.5. The van der Waals surface area contributed by atoms with E-state index >= 15 is 0 Å². The van der Waals surface area contributed by atoms with Gasteiger partial charge in [-0.05, 0) is 67.1 Å². The van der Waals surface area contributed by atoms with E-state index in [0.29, 0.717) is 22.3 Å². The number of nitrogens with zero attached hydrogens (tertiary/aromatic N) is 2. The number of rotatable bonds is 7. The quantitative estimate of drug-likeness (QED) is 0.310. The Bertz CT molecular complexity index is 1310. The van der Waals surface area contributed by atoms with Crippen molar-refractivity contribution in [2.24, 2.45) is 0 Å². The molecule has 1 N–H and O–H groups in total. The van der Waals surface area contributed by atoms with Crippen LogP contribution < -0.4 is 15.0 Å². The summed E-state index contributed by atoms with van der Waals surface area (Å²) in [6, 6.07) is 24.3. The predicted molar refractivity (Wildman–Crippen MR) is 137 cm³/mol. The Kier molecular flexibility index (Phi) is 7.15. The van der Waals surface area contributed by atoms with Crippen molar-refractivity contribution in [3.8, 4) is 11.5 Å². The fourth-order valence-corrected chi connectivity index (χ4v) is 4.08. The molecule has 2 amide bonds. The Hall–Kier alpha value is -4.23. The van der Waals surface area contributed by atoms with Crippen molar-refractivity contribution in [3.63, 3.8) is 0 Å². The van der Waals surface area contributed by atoms with Gasteiger partial charge in [-0.2, -0.15) is 0 Å². The van der Waals surface area contributed by atoms with Crippen LogP contribution in [0.25, 0.3) is 6.08 Å². The van der Waals surface area contributed by atoms with Crippen LogP contribution in [-0.4, -0.2) is 16.8 Å². The van der Waals surface area contributed by atoms with Crippen LogP contribution in [0.1, 0.15) is 18.2 Å². The van der Waals surface area contributed by atoms with E-state index in [1.807, 2.05) is 61.5 Å². The second kappa shape index (κ2) is 10.6. The maximum absolute atomic E-state index is 12.4. The predicted octanol–water partition coefficient (Wildman–Crippen LogP) is 6.58. The first kappa shape index (κ1) is 22.9. The van der Waals surface area contributed by atoms with E-state index in [0.717, 1.165) is 17.0 Å². The lowest BCUT2D eigenvalue weighted by molar-refractivity contribution is -0.116. The topological polar surface area (TPSA) is 71.5 Å². The van der Waals surface area contributed by atoms with E-state index in [1.54, 1.807) is 40.6 Å². The molecule has 1 aromatic heterocycles. The van der Waals surface area contributed by atoms with Gasteiger partial charge in [-0.15, -0.1) is 11.3 Å². The van der Waals surface area contributed by atoms with E-state index in [4.69, 9.17) is 4.74 Å². The summed E-state index contributed by atoms with van der Waals surface area (Å²) in [5.74, 6) is 1.03. The normalized spacial score (nSPS) is 10.8. The summed E-state index contributed by atoms with van der Waals surface area (Å²) in [6.45, 7) is 3.50. The highest BCUT2D eigenvalue weighted by Gasteiger charge is 2.17. The van der Waals surface area contributed by atoms with E-state index in [-0.39, 0.29) is 11.8 Å². The van der Waals surface area contributed by atoms with Crippen LogP contribution in [-0.2, 0) is 9.59 Å². The lowest BCUT2D eigenvalue weighted by Crippen LogP contribution is -2.22. The van der Waals surface area contributed by atoms with Gasteiger partial charge in [0.15, 0.2) is 5.13 Å². The molecule has 0 fully saturated rings. The van der Waals surface area contributed by atoms with Crippen molar-refractivity contribution >= 4 is 45.7 Å². The van der Waals surface area contributed by atoms with Gasteiger partial charge in [0.05, 0.1) is 11.4 Å². The van der Waals surface area contributed by atoms with Crippen LogP contribution in [0.3, 0.4) is 0 Å². The monoisotopic (exact) mass is 469 g/mol. The molecule has 0 aliphatic heterocycles. The molecule has 0 saturated carbocycles. The zero-order valence-electron chi connectivity index (χ0n) is 18.8. The molecule has 170 valence electrons. The summed E-state index contributed by atoms with van der Waals surface area (Å²) in [5, 5.41) is 5.16. The highest BCUT2D eigenvalue weighted by Crippen LogP contribution is 2.29. The van der Waals surface area contributed by atoms with Crippen LogP contribution in [0.2, 0.25) is 0 Å². The summed E-state index contributed by atoms with van der Waals surface area (Å²) in [7, 11) is 0. The van der Waals surface area contributed by atoms with Gasteiger partial charge in [-0.3, -0.25) is 14.5 Å². The number of hydrogen-bond donors (Lipinski definition) is 1. The Morgan fingerprint density at radius 1 is 0.971 bits per heavy atom. The van der Waals surface area contributed by atoms with Crippen LogP contribution in [0.4, 0.5) is 16.5 Å². The molecule has 7 heteroatoms. The summed E-state index contributed by atoms with van der Waals surface area (Å²) in [4.78, 5) is 30.5. The maximum Gasteiger partial charge on any atom is 0.248 e. The van der Waals surface area contributed by atoms with Crippen LogP contribution in [0.15, 0.2) is 90.3 Å². The SMILES string of the molecule is CC(=O)N(c1ccccc1)c1nc(C=CC(=O)Nc2ccc(Oc3cccc(C)c3)cc2)cs1. The second-order valence-electron chi connectivity index (χ2n) is 7.51. The number of amides is 2. The molecule has 0 bridgehead atoms. The third kappa shape index (κ3) is 5.96. The molecule has 4 aromatic rings. The fourth-order valence-electron chi connectivity index (χ4n) is 3.23. The van der Waals surface area contributed by atoms with Crippen LogP contribution in [0.5, 0.6) is 11.5 Å². The lowest BCUT2D eigenvalue weighted by Gasteiger charge is -2.17. The summed E-state index contributed by atoms with van der Waals surface area (Å²) in [5.41, 5.74) is 3.11. The van der Waals surface area contributed by atoms with Crippen LogP contribution in [0, 0.1) is 6.92 Å². The van der Waals surface area contributed by atoms with Gasteiger partial charge in [0.1, 0.15) is 11.5 Å². The number of nitrogens with one attached hydrogen (secondary N) is 1. The zero-order chi connectivity index (χ0) is 23.9. The van der Waals surface area contributed by atoms with Gasteiger partial charge in [0.2, 0.25) is 11.8 Å². The number of aromatic nitrogens is 1. The highest BCUT2D eigenvalue weighted by molar-refractivity contribution is 7.14. The number of aryl methyl sites for hydroxylation is 1. The lowest BCUT2D eigenvalue weighted by atomic mass is 10.2. The molecule has 0 spiro atoms. The van der Waals surface area contributed by atoms with Gasteiger partial charge >= 0.3 is 0 Å². The molecule has 0 radical (unpaired) electrons. The number of anilines is 3. The molecule has 4 rings (SSSR count). The average molecular weight is 470 g/mol. The number of carbonyl (C=O) groups excluding carboxylic acids is 2. The Morgan fingerprint density at radius 2 is 1.74 bits per heavy atom. The smallest absolute Gasteiger partial charge is 0.248 e. The average Bonchev–Trinajstić information content (AvgIpc) is 3.28. The molecule has 0 aliphatic carbocycles. The third-order valence-corrected chi connectivity index (χ3v) is 5.63. The van der Waals surface area contributed by atoms with Crippen molar-refractivity contribution in [3.05, 3.63) is 102 Å². The van der Waals surface area contributed by atoms with Crippen molar-refractivity contribution in [1.29, 1.82) is 0 Å². The molecule has 1 heterocycles. The number of carbonyl (C=O) groups is 2. The largest absolute Gasteiger partial charge is 0.457 e. The molecule has 6 nitrogen and oxygen atoms in total. The first-order valence-corrected chi connectivity index (χ1v) is 11.5. The molecule has 0 unspecified atom stereocenters.